The number of aromatic nitrogens is 2. The van der Waals surface area contributed by atoms with Crippen LogP contribution < -0.4 is 4.90 Å². The zero-order valence-electron chi connectivity index (χ0n) is 13.2. The molecule has 3 aromatic rings. The summed E-state index contributed by atoms with van der Waals surface area (Å²) in [6.45, 7) is 0. The second-order valence-corrected chi connectivity index (χ2v) is 5.35. The van der Waals surface area contributed by atoms with Crippen molar-refractivity contribution in [3.05, 3.63) is 65.5 Å². The van der Waals surface area contributed by atoms with Crippen LogP contribution in [-0.2, 0) is 0 Å². The van der Waals surface area contributed by atoms with Gasteiger partial charge in [-0.3, -0.25) is 19.6 Å². The smallest absolute Gasteiger partial charge is 0.259 e. The summed E-state index contributed by atoms with van der Waals surface area (Å²) >= 11 is 0. The van der Waals surface area contributed by atoms with Crippen molar-refractivity contribution in [2.45, 2.75) is 0 Å². The molecular weight excluding hydrogens is 325 g/mol. The summed E-state index contributed by atoms with van der Waals surface area (Å²) in [6, 6.07) is 11.8. The van der Waals surface area contributed by atoms with Gasteiger partial charge in [0.15, 0.2) is 17.9 Å². The zero-order valence-corrected chi connectivity index (χ0v) is 13.2. The summed E-state index contributed by atoms with van der Waals surface area (Å²) in [5.74, 6) is -1.06. The molecule has 0 saturated carbocycles. The second-order valence-electron chi connectivity index (χ2n) is 5.35. The van der Waals surface area contributed by atoms with E-state index in [-0.39, 0.29) is 28.4 Å². The lowest BCUT2D eigenvalue weighted by atomic mass is 10.1. The van der Waals surface area contributed by atoms with Gasteiger partial charge in [-0.15, -0.1) is 0 Å². The van der Waals surface area contributed by atoms with Crippen LogP contribution in [0.4, 0.5) is 10.2 Å². The highest BCUT2D eigenvalue weighted by atomic mass is 19.1. The fourth-order valence-electron chi connectivity index (χ4n) is 2.45. The third-order valence-electron chi connectivity index (χ3n) is 3.80. The number of hydrogen-bond acceptors (Lipinski definition) is 4. The highest BCUT2D eigenvalue weighted by Gasteiger charge is 2.23. The van der Waals surface area contributed by atoms with Gasteiger partial charge in [0.25, 0.3) is 5.91 Å². The Kier molecular flexibility index (Phi) is 4.30. The van der Waals surface area contributed by atoms with Gasteiger partial charge >= 0.3 is 0 Å². The normalized spacial score (nSPS) is 10.5. The maximum atomic E-state index is 13.0. The van der Waals surface area contributed by atoms with E-state index in [1.807, 2.05) is 0 Å². The van der Waals surface area contributed by atoms with Crippen LogP contribution >= 0.6 is 0 Å². The SMILES string of the molecule is CN(C(=O)c1ccccc1C=O)c1[nH]nc(-c2ccc(F)cc2)c1O. The molecule has 1 aromatic heterocycles. The number of nitrogens with zero attached hydrogens (tertiary/aromatic N) is 2. The molecule has 25 heavy (non-hydrogen) atoms. The van der Waals surface area contributed by atoms with Crippen molar-refractivity contribution in [2.24, 2.45) is 0 Å². The average molecular weight is 339 g/mol. The third kappa shape index (κ3) is 2.99. The molecule has 1 heterocycles. The van der Waals surface area contributed by atoms with Gasteiger partial charge < -0.3 is 5.11 Å². The van der Waals surface area contributed by atoms with Gasteiger partial charge in [-0.1, -0.05) is 18.2 Å². The standard InChI is InChI=1S/C18H14FN3O3/c1-22(18(25)14-5-3-2-4-12(14)10-23)17-16(24)15(20-21-17)11-6-8-13(19)9-7-11/h2-10,24H,1H3,(H,20,21). The van der Waals surface area contributed by atoms with Crippen molar-refractivity contribution in [3.8, 4) is 17.0 Å². The minimum atomic E-state index is -0.479. The second kappa shape index (κ2) is 6.56. The largest absolute Gasteiger partial charge is 0.503 e. The number of aldehydes is 1. The molecule has 7 heteroatoms. The molecule has 0 aliphatic heterocycles. The molecule has 0 saturated heterocycles. The first-order valence-corrected chi connectivity index (χ1v) is 7.38. The summed E-state index contributed by atoms with van der Waals surface area (Å²) in [6.07, 6.45) is 0.595. The van der Waals surface area contributed by atoms with Gasteiger partial charge in [0.05, 0.1) is 5.56 Å². The van der Waals surface area contributed by atoms with Crippen LogP contribution in [0.15, 0.2) is 48.5 Å². The first-order chi connectivity index (χ1) is 12.0. The number of anilines is 1. The van der Waals surface area contributed by atoms with Crippen molar-refractivity contribution < 1.29 is 19.1 Å². The number of rotatable bonds is 4. The van der Waals surface area contributed by atoms with Gasteiger partial charge in [0.1, 0.15) is 11.5 Å². The van der Waals surface area contributed by atoms with Crippen molar-refractivity contribution >= 4 is 18.0 Å². The van der Waals surface area contributed by atoms with Gasteiger partial charge in [-0.25, -0.2) is 4.39 Å². The highest BCUT2D eigenvalue weighted by Crippen LogP contribution is 2.35. The summed E-state index contributed by atoms with van der Waals surface area (Å²) < 4.78 is 13.0. The van der Waals surface area contributed by atoms with Gasteiger partial charge in [0, 0.05) is 18.2 Å². The molecule has 6 nitrogen and oxygen atoms in total. The van der Waals surface area contributed by atoms with E-state index >= 15 is 0 Å². The van der Waals surface area contributed by atoms with Crippen LogP contribution in [0, 0.1) is 5.82 Å². The summed E-state index contributed by atoms with van der Waals surface area (Å²) in [5.41, 5.74) is 1.14. The lowest BCUT2D eigenvalue weighted by Crippen LogP contribution is -2.27. The fraction of sp³-hybridized carbons (Fsp3) is 0.0556. The minimum absolute atomic E-state index is 0.0741. The number of amides is 1. The maximum Gasteiger partial charge on any atom is 0.259 e. The number of carbonyl (C=O) groups is 2. The van der Waals surface area contributed by atoms with Crippen molar-refractivity contribution in [3.63, 3.8) is 0 Å². The Bertz CT molecular complexity index is 935. The van der Waals surface area contributed by atoms with E-state index in [0.29, 0.717) is 11.8 Å². The van der Waals surface area contributed by atoms with E-state index in [1.165, 1.54) is 43.4 Å². The molecule has 0 unspecified atom stereocenters. The lowest BCUT2D eigenvalue weighted by molar-refractivity contribution is 0.0985. The number of benzene rings is 2. The molecule has 0 fully saturated rings. The molecule has 0 aliphatic carbocycles. The van der Waals surface area contributed by atoms with Crippen molar-refractivity contribution in [1.29, 1.82) is 0 Å². The number of nitrogens with one attached hydrogen (secondary N) is 1. The molecule has 0 bridgehead atoms. The van der Waals surface area contributed by atoms with Crippen LogP contribution in [-0.4, -0.2) is 34.5 Å². The van der Waals surface area contributed by atoms with E-state index < -0.39 is 11.7 Å². The quantitative estimate of drug-likeness (QED) is 0.716. The van der Waals surface area contributed by atoms with Crippen LogP contribution in [0.3, 0.4) is 0 Å². The molecule has 0 aliphatic rings. The van der Waals surface area contributed by atoms with E-state index in [2.05, 4.69) is 10.2 Å². The topological polar surface area (TPSA) is 86.3 Å². The molecule has 3 rings (SSSR count). The number of aromatic hydroxyl groups is 1. The van der Waals surface area contributed by atoms with Gasteiger partial charge in [0.2, 0.25) is 0 Å². The highest BCUT2D eigenvalue weighted by molar-refractivity contribution is 6.10. The van der Waals surface area contributed by atoms with Gasteiger partial charge in [-0.05, 0) is 30.3 Å². The molecule has 126 valence electrons. The first-order valence-electron chi connectivity index (χ1n) is 7.38. The predicted molar refractivity (Wildman–Crippen MR) is 90.2 cm³/mol. The Morgan fingerprint density at radius 3 is 2.56 bits per heavy atom. The summed E-state index contributed by atoms with van der Waals surface area (Å²) in [5, 5.41) is 17.0. The number of halogens is 1. The van der Waals surface area contributed by atoms with E-state index in [4.69, 9.17) is 0 Å². The molecule has 2 aromatic carbocycles. The van der Waals surface area contributed by atoms with Crippen LogP contribution in [0.2, 0.25) is 0 Å². The average Bonchev–Trinajstić information content (AvgIpc) is 3.02. The van der Waals surface area contributed by atoms with Crippen LogP contribution in [0.5, 0.6) is 5.75 Å². The Hall–Kier alpha value is -3.48. The monoisotopic (exact) mass is 339 g/mol. The third-order valence-corrected chi connectivity index (χ3v) is 3.80. The molecule has 0 atom stereocenters. The Morgan fingerprint density at radius 1 is 1.20 bits per heavy atom. The minimum Gasteiger partial charge on any atom is -0.503 e. The molecular formula is C18H14FN3O3. The van der Waals surface area contributed by atoms with Crippen LogP contribution in [0.25, 0.3) is 11.3 Å². The van der Waals surface area contributed by atoms with Gasteiger partial charge in [-0.2, -0.15) is 5.10 Å². The Morgan fingerprint density at radius 2 is 1.88 bits per heavy atom. The fourth-order valence-corrected chi connectivity index (χ4v) is 2.45. The van der Waals surface area contributed by atoms with Crippen molar-refractivity contribution in [1.82, 2.24) is 10.2 Å². The summed E-state index contributed by atoms with van der Waals surface area (Å²) in [7, 11) is 1.45. The number of carbonyl (C=O) groups excluding carboxylic acids is 2. The van der Waals surface area contributed by atoms with Crippen molar-refractivity contribution in [2.75, 3.05) is 11.9 Å². The molecule has 0 spiro atoms. The first kappa shape index (κ1) is 16.4. The molecule has 1 amide bonds. The van der Waals surface area contributed by atoms with Crippen LogP contribution in [0.1, 0.15) is 20.7 Å². The zero-order chi connectivity index (χ0) is 18.0. The number of H-pyrrole nitrogens is 1. The predicted octanol–water partition coefficient (Wildman–Crippen LogP) is 3.01. The lowest BCUT2D eigenvalue weighted by Gasteiger charge is -2.16. The molecule has 2 N–H and O–H groups in total. The van der Waals surface area contributed by atoms with E-state index in [1.54, 1.807) is 12.1 Å². The number of aromatic amines is 1. The van der Waals surface area contributed by atoms with E-state index in [0.717, 1.165) is 4.90 Å². The summed E-state index contributed by atoms with van der Waals surface area (Å²) in [4.78, 5) is 24.9. The Balaban J connectivity index is 1.95. The maximum absolute atomic E-state index is 13.0. The molecule has 0 radical (unpaired) electrons. The van der Waals surface area contributed by atoms with E-state index in [9.17, 15) is 19.1 Å². The number of hydrogen-bond donors (Lipinski definition) is 2. The Labute approximate surface area is 142 Å².